The van der Waals surface area contributed by atoms with E-state index in [9.17, 15) is 4.79 Å². The van der Waals surface area contributed by atoms with Crippen molar-refractivity contribution >= 4 is 35.1 Å². The van der Waals surface area contributed by atoms with E-state index in [-0.39, 0.29) is 12.3 Å². The number of hydrazone groups is 1. The van der Waals surface area contributed by atoms with E-state index in [1.807, 2.05) is 49.6 Å². The van der Waals surface area contributed by atoms with Crippen LogP contribution in [-0.2, 0) is 17.8 Å². The Morgan fingerprint density at radius 2 is 2.12 bits per heavy atom. The molecule has 0 radical (unpaired) electrons. The Hall–Kier alpha value is -2.51. The molecule has 0 saturated heterocycles. The molecule has 0 spiro atoms. The number of carbonyl (C=O) groups excluding carboxylic acids is 1. The number of nitrogens with zero attached hydrogens (tertiary/aromatic N) is 4. The lowest BCUT2D eigenvalue weighted by Gasteiger charge is -2.03. The summed E-state index contributed by atoms with van der Waals surface area (Å²) in [5, 5.41) is 11.6. The molecule has 0 unspecified atom stereocenters. The van der Waals surface area contributed by atoms with Crippen LogP contribution < -0.4 is 5.43 Å². The maximum absolute atomic E-state index is 11.9. The van der Waals surface area contributed by atoms with Gasteiger partial charge in [0.15, 0.2) is 0 Å². The second-order valence-corrected chi connectivity index (χ2v) is 7.09. The first-order chi connectivity index (χ1) is 12.5. The third-order valence-electron chi connectivity index (χ3n) is 3.65. The molecule has 3 rings (SSSR count). The van der Waals surface area contributed by atoms with Crippen molar-refractivity contribution in [1.82, 2.24) is 20.2 Å². The van der Waals surface area contributed by atoms with Gasteiger partial charge in [-0.3, -0.25) is 4.79 Å². The molecule has 2 heterocycles. The Kier molecular flexibility index (Phi) is 5.80. The molecule has 2 aromatic heterocycles. The molecule has 1 N–H and O–H groups in total. The minimum Gasteiger partial charge on any atom is -0.273 e. The number of halogens is 1. The fourth-order valence-corrected chi connectivity index (χ4v) is 3.46. The summed E-state index contributed by atoms with van der Waals surface area (Å²) in [6.45, 7) is 4.33. The summed E-state index contributed by atoms with van der Waals surface area (Å²) in [5.74, 6) is -0.221. The van der Waals surface area contributed by atoms with Crippen molar-refractivity contribution < 1.29 is 4.79 Å². The first-order valence-electron chi connectivity index (χ1n) is 8.02. The number of hydrogen-bond acceptors (Lipinski definition) is 5. The molecule has 1 amide bonds. The van der Waals surface area contributed by atoms with Crippen LogP contribution in [0, 0.1) is 13.8 Å². The number of nitrogens with one attached hydrogen (secondary N) is 1. The SMILES string of the molecule is Cc1csc(CC(=O)N/N=C\c2c(C)nn(Cc3ccccc3)c2Cl)n1. The van der Waals surface area contributed by atoms with Gasteiger partial charge >= 0.3 is 0 Å². The predicted octanol–water partition coefficient (Wildman–Crippen LogP) is 3.35. The molecule has 134 valence electrons. The van der Waals surface area contributed by atoms with Crippen LogP contribution in [0.15, 0.2) is 40.8 Å². The summed E-state index contributed by atoms with van der Waals surface area (Å²) in [5.41, 5.74) is 5.96. The average Bonchev–Trinajstić information content (AvgIpc) is 3.13. The summed E-state index contributed by atoms with van der Waals surface area (Å²) < 4.78 is 1.72. The highest BCUT2D eigenvalue weighted by molar-refractivity contribution is 7.09. The number of hydrogen-bond donors (Lipinski definition) is 1. The van der Waals surface area contributed by atoms with E-state index in [1.54, 1.807) is 4.68 Å². The lowest BCUT2D eigenvalue weighted by Crippen LogP contribution is -2.19. The lowest BCUT2D eigenvalue weighted by molar-refractivity contribution is -0.120. The smallest absolute Gasteiger partial charge is 0.246 e. The zero-order valence-corrected chi connectivity index (χ0v) is 16.0. The molecule has 0 atom stereocenters. The van der Waals surface area contributed by atoms with Crippen LogP contribution in [0.5, 0.6) is 0 Å². The fourth-order valence-electron chi connectivity index (χ4n) is 2.40. The van der Waals surface area contributed by atoms with Crippen molar-refractivity contribution in [2.24, 2.45) is 5.10 Å². The van der Waals surface area contributed by atoms with Crippen molar-refractivity contribution in [3.05, 3.63) is 68.4 Å². The average molecular weight is 388 g/mol. The number of benzene rings is 1. The van der Waals surface area contributed by atoms with Crippen LogP contribution in [0.2, 0.25) is 5.15 Å². The van der Waals surface area contributed by atoms with Crippen LogP contribution in [0.4, 0.5) is 0 Å². The van der Waals surface area contributed by atoms with Gasteiger partial charge in [-0.1, -0.05) is 41.9 Å². The fraction of sp³-hybridized carbons (Fsp3) is 0.222. The number of thiazole rings is 1. The predicted molar refractivity (Wildman–Crippen MR) is 104 cm³/mol. The molecule has 0 fully saturated rings. The van der Waals surface area contributed by atoms with Gasteiger partial charge in [0, 0.05) is 11.1 Å². The number of amides is 1. The van der Waals surface area contributed by atoms with Crippen LogP contribution >= 0.6 is 22.9 Å². The third kappa shape index (κ3) is 4.56. The molecule has 6 nitrogen and oxygen atoms in total. The number of aryl methyl sites for hydroxylation is 2. The van der Waals surface area contributed by atoms with Crippen molar-refractivity contribution in [1.29, 1.82) is 0 Å². The van der Waals surface area contributed by atoms with Gasteiger partial charge in [-0.05, 0) is 19.4 Å². The molecule has 0 bridgehead atoms. The van der Waals surface area contributed by atoms with Gasteiger partial charge in [0.2, 0.25) is 5.91 Å². The van der Waals surface area contributed by atoms with Crippen LogP contribution in [-0.4, -0.2) is 26.9 Å². The van der Waals surface area contributed by atoms with Gasteiger partial charge in [-0.15, -0.1) is 11.3 Å². The third-order valence-corrected chi connectivity index (χ3v) is 5.01. The molecular weight excluding hydrogens is 370 g/mol. The van der Waals surface area contributed by atoms with Crippen LogP contribution in [0.3, 0.4) is 0 Å². The van der Waals surface area contributed by atoms with Crippen LogP contribution in [0.25, 0.3) is 0 Å². The molecule has 0 saturated carbocycles. The van der Waals surface area contributed by atoms with Gasteiger partial charge in [0.1, 0.15) is 10.2 Å². The summed E-state index contributed by atoms with van der Waals surface area (Å²) in [7, 11) is 0. The Morgan fingerprint density at radius 3 is 2.81 bits per heavy atom. The second kappa shape index (κ2) is 8.25. The van der Waals surface area contributed by atoms with Gasteiger partial charge in [-0.25, -0.2) is 15.1 Å². The largest absolute Gasteiger partial charge is 0.273 e. The first kappa shape index (κ1) is 18.3. The highest BCUT2D eigenvalue weighted by atomic mass is 35.5. The first-order valence-corrected chi connectivity index (χ1v) is 9.28. The molecule has 8 heteroatoms. The van der Waals surface area contributed by atoms with E-state index >= 15 is 0 Å². The Balaban J connectivity index is 1.64. The minimum atomic E-state index is -0.221. The van der Waals surface area contributed by atoms with E-state index in [2.05, 4.69) is 20.6 Å². The zero-order valence-electron chi connectivity index (χ0n) is 14.4. The molecule has 26 heavy (non-hydrogen) atoms. The van der Waals surface area contributed by atoms with Gasteiger partial charge in [-0.2, -0.15) is 10.2 Å². The summed E-state index contributed by atoms with van der Waals surface area (Å²) in [4.78, 5) is 16.2. The maximum Gasteiger partial charge on any atom is 0.246 e. The topological polar surface area (TPSA) is 72.2 Å². The monoisotopic (exact) mass is 387 g/mol. The summed E-state index contributed by atoms with van der Waals surface area (Å²) >= 11 is 7.87. The summed E-state index contributed by atoms with van der Waals surface area (Å²) in [6, 6.07) is 9.94. The minimum absolute atomic E-state index is 0.204. The van der Waals surface area contributed by atoms with Crippen molar-refractivity contribution in [3.63, 3.8) is 0 Å². The van der Waals surface area contributed by atoms with E-state index in [4.69, 9.17) is 11.6 Å². The maximum atomic E-state index is 11.9. The second-order valence-electron chi connectivity index (χ2n) is 5.79. The van der Waals surface area contributed by atoms with E-state index in [1.165, 1.54) is 17.6 Å². The number of carbonyl (C=O) groups is 1. The Labute approximate surface area is 160 Å². The highest BCUT2D eigenvalue weighted by Gasteiger charge is 2.12. The molecule has 0 aliphatic carbocycles. The Morgan fingerprint density at radius 1 is 1.35 bits per heavy atom. The van der Waals surface area contributed by atoms with Crippen molar-refractivity contribution in [2.75, 3.05) is 0 Å². The zero-order chi connectivity index (χ0) is 18.5. The highest BCUT2D eigenvalue weighted by Crippen LogP contribution is 2.19. The number of aromatic nitrogens is 3. The molecule has 3 aromatic rings. The van der Waals surface area contributed by atoms with Crippen molar-refractivity contribution in [3.8, 4) is 0 Å². The molecule has 1 aromatic carbocycles. The van der Waals surface area contributed by atoms with Gasteiger partial charge in [0.25, 0.3) is 0 Å². The number of rotatable bonds is 6. The van der Waals surface area contributed by atoms with E-state index < -0.39 is 0 Å². The van der Waals surface area contributed by atoms with Gasteiger partial charge < -0.3 is 0 Å². The normalized spacial score (nSPS) is 11.2. The molecule has 0 aliphatic rings. The van der Waals surface area contributed by atoms with Crippen LogP contribution in [0.1, 0.15) is 27.5 Å². The molecule has 0 aliphatic heterocycles. The quantitative estimate of drug-likeness (QED) is 0.520. The summed E-state index contributed by atoms with van der Waals surface area (Å²) in [6.07, 6.45) is 1.73. The van der Waals surface area contributed by atoms with E-state index in [0.29, 0.717) is 17.3 Å². The standard InChI is InChI=1S/C18H18ClN5OS/c1-12-11-26-17(21-12)8-16(25)22-20-9-15-13(2)23-24(18(15)19)10-14-6-4-3-5-7-14/h3-7,9,11H,8,10H2,1-2H3,(H,22,25)/b20-9-. The lowest BCUT2D eigenvalue weighted by atomic mass is 10.2. The van der Waals surface area contributed by atoms with E-state index in [0.717, 1.165) is 22.0 Å². The van der Waals surface area contributed by atoms with Gasteiger partial charge in [0.05, 0.1) is 30.4 Å². The Bertz CT molecular complexity index is 932. The molecular formula is C18H18ClN5OS. The van der Waals surface area contributed by atoms with Crippen molar-refractivity contribution in [2.45, 2.75) is 26.8 Å².